The van der Waals surface area contributed by atoms with Gasteiger partial charge in [0.15, 0.2) is 5.76 Å². The molecular weight excluding hydrogens is 310 g/mol. The second-order valence-electron chi connectivity index (χ2n) is 5.82. The largest absolute Gasteiger partial charge is 0.481 e. The van der Waals surface area contributed by atoms with Gasteiger partial charge in [-0.05, 0) is 24.1 Å². The number of para-hydroxylation sites is 1. The Labute approximate surface area is 140 Å². The van der Waals surface area contributed by atoms with E-state index in [-0.39, 0.29) is 36.5 Å². The molecule has 1 aromatic carbocycles. The fraction of sp³-hybridized carbons (Fsp3) is 0.333. The third-order valence-corrected chi connectivity index (χ3v) is 3.22. The second kappa shape index (κ2) is 8.19. The molecule has 2 rings (SSSR count). The fourth-order valence-corrected chi connectivity index (χ4v) is 2.20. The van der Waals surface area contributed by atoms with Crippen molar-refractivity contribution in [2.45, 2.75) is 20.3 Å². The maximum Gasteiger partial charge on any atom is 0.305 e. The third-order valence-electron chi connectivity index (χ3n) is 3.22. The van der Waals surface area contributed by atoms with E-state index in [2.05, 4.69) is 0 Å². The number of ether oxygens (including phenoxy) is 1. The van der Waals surface area contributed by atoms with Gasteiger partial charge in [-0.2, -0.15) is 0 Å². The van der Waals surface area contributed by atoms with E-state index in [0.29, 0.717) is 12.3 Å². The first-order valence-electron chi connectivity index (χ1n) is 7.79. The summed E-state index contributed by atoms with van der Waals surface area (Å²) < 4.78 is 11.0. The summed E-state index contributed by atoms with van der Waals surface area (Å²) in [4.78, 5) is 24.8. The Bertz CT molecular complexity index is 678. The van der Waals surface area contributed by atoms with Crippen LogP contribution in [0.4, 0.5) is 0 Å². The van der Waals surface area contributed by atoms with Gasteiger partial charge in [-0.1, -0.05) is 32.0 Å². The lowest BCUT2D eigenvalue weighted by Gasteiger charge is -2.22. The highest BCUT2D eigenvalue weighted by molar-refractivity contribution is 5.91. The van der Waals surface area contributed by atoms with Gasteiger partial charge < -0.3 is 19.2 Å². The van der Waals surface area contributed by atoms with Crippen LogP contribution in [0.2, 0.25) is 0 Å². The summed E-state index contributed by atoms with van der Waals surface area (Å²) in [6, 6.07) is 12.2. The van der Waals surface area contributed by atoms with Crippen LogP contribution in [0.5, 0.6) is 11.7 Å². The van der Waals surface area contributed by atoms with Crippen molar-refractivity contribution in [3.63, 3.8) is 0 Å². The first-order chi connectivity index (χ1) is 11.5. The molecule has 2 aromatic rings. The summed E-state index contributed by atoms with van der Waals surface area (Å²) in [5, 5.41) is 8.84. The summed E-state index contributed by atoms with van der Waals surface area (Å²) in [6.45, 7) is 4.53. The maximum atomic E-state index is 12.5. The summed E-state index contributed by atoms with van der Waals surface area (Å²) in [5.74, 6) is -0.107. The van der Waals surface area contributed by atoms with Crippen LogP contribution in [-0.2, 0) is 4.79 Å². The maximum absolute atomic E-state index is 12.5. The number of furan rings is 1. The van der Waals surface area contributed by atoms with Crippen LogP contribution < -0.4 is 4.74 Å². The van der Waals surface area contributed by atoms with Gasteiger partial charge in [-0.3, -0.25) is 9.59 Å². The number of hydrogen-bond donors (Lipinski definition) is 1. The Kier molecular flexibility index (Phi) is 6.01. The first kappa shape index (κ1) is 17.6. The van der Waals surface area contributed by atoms with Crippen molar-refractivity contribution >= 4 is 11.9 Å². The van der Waals surface area contributed by atoms with E-state index < -0.39 is 5.97 Å². The third kappa shape index (κ3) is 5.15. The number of carboxylic acids is 1. The lowest BCUT2D eigenvalue weighted by atomic mass is 10.2. The van der Waals surface area contributed by atoms with E-state index in [1.54, 1.807) is 18.2 Å². The van der Waals surface area contributed by atoms with Crippen LogP contribution in [0.3, 0.4) is 0 Å². The number of rotatable bonds is 8. The number of carbonyl (C=O) groups is 2. The summed E-state index contributed by atoms with van der Waals surface area (Å²) in [7, 11) is 0. The van der Waals surface area contributed by atoms with Crippen LogP contribution in [0, 0.1) is 5.92 Å². The highest BCUT2D eigenvalue weighted by Crippen LogP contribution is 2.24. The van der Waals surface area contributed by atoms with Gasteiger partial charge in [0.2, 0.25) is 0 Å². The highest BCUT2D eigenvalue weighted by atomic mass is 16.6. The molecule has 24 heavy (non-hydrogen) atoms. The molecule has 0 bridgehead atoms. The molecule has 1 aromatic heterocycles. The summed E-state index contributed by atoms with van der Waals surface area (Å²) in [5.41, 5.74) is 0. The van der Waals surface area contributed by atoms with Crippen LogP contribution in [-0.4, -0.2) is 35.0 Å². The summed E-state index contributed by atoms with van der Waals surface area (Å²) in [6.07, 6.45) is -0.105. The Morgan fingerprint density at radius 2 is 1.88 bits per heavy atom. The monoisotopic (exact) mass is 331 g/mol. The molecule has 128 valence electrons. The molecule has 0 fully saturated rings. The van der Waals surface area contributed by atoms with Crippen molar-refractivity contribution in [2.75, 3.05) is 13.1 Å². The summed E-state index contributed by atoms with van der Waals surface area (Å²) >= 11 is 0. The molecule has 0 aliphatic carbocycles. The average Bonchev–Trinajstić information content (AvgIpc) is 2.99. The molecule has 6 heteroatoms. The minimum Gasteiger partial charge on any atom is -0.481 e. The SMILES string of the molecule is CC(C)CN(CCC(=O)O)C(=O)c1ccc(Oc2ccccc2)o1. The van der Waals surface area contributed by atoms with Crippen molar-refractivity contribution in [1.82, 2.24) is 4.90 Å². The number of carbonyl (C=O) groups excluding carboxylic acids is 1. The van der Waals surface area contributed by atoms with Gasteiger partial charge in [-0.25, -0.2) is 0 Å². The van der Waals surface area contributed by atoms with E-state index in [1.807, 2.05) is 32.0 Å². The molecule has 6 nitrogen and oxygen atoms in total. The molecule has 1 amide bonds. The fourth-order valence-electron chi connectivity index (χ4n) is 2.20. The molecule has 1 heterocycles. The van der Waals surface area contributed by atoms with Crippen molar-refractivity contribution in [3.05, 3.63) is 48.2 Å². The minimum atomic E-state index is -0.941. The quantitative estimate of drug-likeness (QED) is 0.798. The minimum absolute atomic E-state index is 0.105. The Balaban J connectivity index is 2.07. The van der Waals surface area contributed by atoms with Gasteiger partial charge in [-0.15, -0.1) is 0 Å². The van der Waals surface area contributed by atoms with Crippen molar-refractivity contribution in [3.8, 4) is 11.7 Å². The van der Waals surface area contributed by atoms with E-state index >= 15 is 0 Å². The standard InChI is InChI=1S/C18H21NO5/c1-13(2)12-19(11-10-16(20)21)18(22)15-8-9-17(24-15)23-14-6-4-3-5-7-14/h3-9,13H,10-12H2,1-2H3,(H,20,21). The number of hydrogen-bond acceptors (Lipinski definition) is 4. The number of carboxylic acid groups (broad SMARTS) is 1. The zero-order chi connectivity index (χ0) is 17.5. The Morgan fingerprint density at radius 1 is 1.17 bits per heavy atom. The van der Waals surface area contributed by atoms with Crippen molar-refractivity contribution < 1.29 is 23.8 Å². The molecule has 0 saturated carbocycles. The van der Waals surface area contributed by atoms with Crippen LogP contribution in [0.25, 0.3) is 0 Å². The van der Waals surface area contributed by atoms with Crippen LogP contribution >= 0.6 is 0 Å². The predicted molar refractivity (Wildman–Crippen MR) is 88.2 cm³/mol. The van der Waals surface area contributed by atoms with Crippen LogP contribution in [0.15, 0.2) is 46.9 Å². The zero-order valence-electron chi connectivity index (χ0n) is 13.8. The molecule has 0 aliphatic heterocycles. The van der Waals surface area contributed by atoms with Gasteiger partial charge in [0.25, 0.3) is 11.9 Å². The second-order valence-corrected chi connectivity index (χ2v) is 5.82. The number of benzene rings is 1. The normalized spacial score (nSPS) is 10.6. The Hall–Kier alpha value is -2.76. The molecule has 0 unspecified atom stereocenters. The zero-order valence-corrected chi connectivity index (χ0v) is 13.8. The molecule has 0 saturated heterocycles. The molecular formula is C18H21NO5. The van der Waals surface area contributed by atoms with Gasteiger partial charge in [0.1, 0.15) is 5.75 Å². The van der Waals surface area contributed by atoms with Crippen molar-refractivity contribution in [2.24, 2.45) is 5.92 Å². The molecule has 0 spiro atoms. The van der Waals surface area contributed by atoms with E-state index in [1.165, 1.54) is 11.0 Å². The predicted octanol–water partition coefficient (Wildman–Crippen LogP) is 3.64. The first-order valence-corrected chi connectivity index (χ1v) is 7.79. The van der Waals surface area contributed by atoms with E-state index in [4.69, 9.17) is 14.3 Å². The smallest absolute Gasteiger partial charge is 0.305 e. The molecule has 1 N–H and O–H groups in total. The molecule has 0 atom stereocenters. The highest BCUT2D eigenvalue weighted by Gasteiger charge is 2.21. The Morgan fingerprint density at radius 3 is 2.50 bits per heavy atom. The number of nitrogens with zero attached hydrogens (tertiary/aromatic N) is 1. The molecule has 0 aliphatic rings. The van der Waals surface area contributed by atoms with Crippen molar-refractivity contribution in [1.29, 1.82) is 0 Å². The van der Waals surface area contributed by atoms with Gasteiger partial charge in [0.05, 0.1) is 6.42 Å². The number of amides is 1. The van der Waals surface area contributed by atoms with Gasteiger partial charge >= 0.3 is 5.97 Å². The van der Waals surface area contributed by atoms with Crippen LogP contribution in [0.1, 0.15) is 30.8 Å². The van der Waals surface area contributed by atoms with E-state index in [0.717, 1.165) is 0 Å². The molecule has 0 radical (unpaired) electrons. The lowest BCUT2D eigenvalue weighted by molar-refractivity contribution is -0.137. The lowest BCUT2D eigenvalue weighted by Crippen LogP contribution is -2.35. The topological polar surface area (TPSA) is 80.0 Å². The average molecular weight is 331 g/mol. The van der Waals surface area contributed by atoms with E-state index in [9.17, 15) is 9.59 Å². The van der Waals surface area contributed by atoms with Gasteiger partial charge in [0, 0.05) is 19.2 Å². The number of aliphatic carboxylic acids is 1.